The van der Waals surface area contributed by atoms with Gasteiger partial charge in [0.2, 0.25) is 0 Å². The lowest BCUT2D eigenvalue weighted by molar-refractivity contribution is 0.229. The number of nitrogens with one attached hydrogen (secondary N) is 2. The Morgan fingerprint density at radius 1 is 1.31 bits per heavy atom. The number of urea groups is 1. The van der Waals surface area contributed by atoms with Gasteiger partial charge in [-0.2, -0.15) is 0 Å². The van der Waals surface area contributed by atoms with Crippen LogP contribution in [0.1, 0.15) is 20.8 Å². The standard InChI is InChI=1S/C9H17ClN2O3S/c1-9(2,3)12-8(13)11-7-5-16(14,15)4-6(7)10/h6-7H,4-5H2,1-3H3,(H2,11,12,13). The molecule has 0 aliphatic carbocycles. The molecule has 2 N–H and O–H groups in total. The average molecular weight is 269 g/mol. The lowest BCUT2D eigenvalue weighted by Gasteiger charge is -2.23. The first-order valence-electron chi connectivity index (χ1n) is 5.02. The molecule has 94 valence electrons. The van der Waals surface area contributed by atoms with E-state index in [4.69, 9.17) is 11.6 Å². The van der Waals surface area contributed by atoms with Crippen LogP contribution in [0.5, 0.6) is 0 Å². The minimum Gasteiger partial charge on any atom is -0.334 e. The van der Waals surface area contributed by atoms with E-state index in [1.165, 1.54) is 0 Å². The summed E-state index contributed by atoms with van der Waals surface area (Å²) in [4.78, 5) is 11.5. The Labute approximate surface area is 101 Å². The highest BCUT2D eigenvalue weighted by molar-refractivity contribution is 7.91. The van der Waals surface area contributed by atoms with Crippen molar-refractivity contribution in [1.29, 1.82) is 0 Å². The van der Waals surface area contributed by atoms with Crippen LogP contribution in [0.25, 0.3) is 0 Å². The van der Waals surface area contributed by atoms with Crippen LogP contribution in [0.3, 0.4) is 0 Å². The van der Waals surface area contributed by atoms with Crippen LogP contribution in [0.4, 0.5) is 4.79 Å². The molecule has 0 radical (unpaired) electrons. The summed E-state index contributed by atoms with van der Waals surface area (Å²) in [6, 6.07) is -0.894. The Hall–Kier alpha value is -0.490. The first-order valence-corrected chi connectivity index (χ1v) is 7.28. The van der Waals surface area contributed by atoms with Gasteiger partial charge in [-0.25, -0.2) is 13.2 Å². The quantitative estimate of drug-likeness (QED) is 0.680. The van der Waals surface area contributed by atoms with Crippen LogP contribution in [-0.2, 0) is 9.84 Å². The molecular formula is C9H17ClN2O3S. The number of carbonyl (C=O) groups is 1. The highest BCUT2D eigenvalue weighted by atomic mass is 35.5. The van der Waals surface area contributed by atoms with E-state index in [-0.39, 0.29) is 23.1 Å². The summed E-state index contributed by atoms with van der Waals surface area (Å²) in [5.41, 5.74) is -0.358. The maximum atomic E-state index is 11.5. The predicted octanol–water partition coefficient (Wildman–Crippen LogP) is 0.489. The first-order chi connectivity index (χ1) is 7.09. The zero-order valence-electron chi connectivity index (χ0n) is 9.58. The zero-order chi connectivity index (χ0) is 12.6. The summed E-state index contributed by atoms with van der Waals surface area (Å²) in [5.74, 6) is -0.159. The number of amides is 2. The highest BCUT2D eigenvalue weighted by Crippen LogP contribution is 2.17. The lowest BCUT2D eigenvalue weighted by atomic mass is 10.1. The molecule has 1 rings (SSSR count). The summed E-state index contributed by atoms with van der Waals surface area (Å²) in [5, 5.41) is 4.72. The number of rotatable bonds is 1. The van der Waals surface area contributed by atoms with Gasteiger partial charge in [0.05, 0.1) is 22.9 Å². The molecule has 2 unspecified atom stereocenters. The van der Waals surface area contributed by atoms with E-state index in [0.29, 0.717) is 0 Å². The number of sulfone groups is 1. The molecule has 0 aromatic carbocycles. The van der Waals surface area contributed by atoms with Gasteiger partial charge in [-0.1, -0.05) is 0 Å². The number of hydrogen-bond acceptors (Lipinski definition) is 3. The van der Waals surface area contributed by atoms with E-state index in [2.05, 4.69) is 10.6 Å². The molecule has 0 aromatic rings. The second-order valence-electron chi connectivity index (χ2n) is 5.05. The summed E-state index contributed by atoms with van der Waals surface area (Å²) in [7, 11) is -3.11. The Balaban J connectivity index is 2.53. The lowest BCUT2D eigenvalue weighted by Crippen LogP contribution is -2.51. The van der Waals surface area contributed by atoms with Crippen LogP contribution in [0, 0.1) is 0 Å². The van der Waals surface area contributed by atoms with E-state index in [9.17, 15) is 13.2 Å². The summed E-state index contributed by atoms with van der Waals surface area (Å²) in [6.07, 6.45) is 0. The third-order valence-electron chi connectivity index (χ3n) is 2.09. The number of carbonyl (C=O) groups excluding carboxylic acids is 1. The highest BCUT2D eigenvalue weighted by Gasteiger charge is 2.37. The minimum atomic E-state index is -3.11. The van der Waals surface area contributed by atoms with Crippen molar-refractivity contribution in [3.63, 3.8) is 0 Å². The second kappa shape index (κ2) is 4.41. The molecule has 1 saturated heterocycles. The van der Waals surface area contributed by atoms with Crippen LogP contribution in [0.15, 0.2) is 0 Å². The fourth-order valence-corrected chi connectivity index (χ4v) is 4.03. The van der Waals surface area contributed by atoms with Crippen LogP contribution >= 0.6 is 11.6 Å². The van der Waals surface area contributed by atoms with Crippen LogP contribution in [-0.4, -0.2) is 42.9 Å². The Morgan fingerprint density at radius 3 is 2.25 bits per heavy atom. The minimum absolute atomic E-state index is 0.0744. The van der Waals surface area contributed by atoms with Crippen molar-refractivity contribution in [2.24, 2.45) is 0 Å². The van der Waals surface area contributed by atoms with E-state index >= 15 is 0 Å². The smallest absolute Gasteiger partial charge is 0.315 e. The number of hydrogen-bond donors (Lipinski definition) is 2. The molecule has 0 bridgehead atoms. The van der Waals surface area contributed by atoms with Crippen molar-refractivity contribution in [3.05, 3.63) is 0 Å². The molecule has 0 saturated carbocycles. The third kappa shape index (κ3) is 4.17. The summed E-state index contributed by atoms with van der Waals surface area (Å²) >= 11 is 5.86. The molecule has 2 atom stereocenters. The molecule has 7 heteroatoms. The fourth-order valence-electron chi connectivity index (χ4n) is 1.48. The summed E-state index contributed by atoms with van der Waals surface area (Å²) in [6.45, 7) is 5.53. The number of halogens is 1. The SMILES string of the molecule is CC(C)(C)NC(=O)NC1CS(=O)(=O)CC1Cl. The molecule has 1 heterocycles. The molecule has 5 nitrogen and oxygen atoms in total. The molecule has 2 amide bonds. The van der Waals surface area contributed by atoms with E-state index in [1.54, 1.807) is 0 Å². The summed E-state index contributed by atoms with van der Waals surface area (Å²) < 4.78 is 22.5. The van der Waals surface area contributed by atoms with Gasteiger partial charge in [0.25, 0.3) is 0 Å². The maximum absolute atomic E-state index is 11.5. The molecule has 1 aliphatic heterocycles. The van der Waals surface area contributed by atoms with Gasteiger partial charge in [-0.15, -0.1) is 11.6 Å². The van der Waals surface area contributed by atoms with Gasteiger partial charge in [0.15, 0.2) is 9.84 Å². The second-order valence-corrected chi connectivity index (χ2v) is 7.76. The Morgan fingerprint density at radius 2 is 1.88 bits per heavy atom. The first kappa shape index (κ1) is 13.6. The van der Waals surface area contributed by atoms with Crippen molar-refractivity contribution < 1.29 is 13.2 Å². The molecule has 1 fully saturated rings. The molecule has 16 heavy (non-hydrogen) atoms. The van der Waals surface area contributed by atoms with E-state index in [1.807, 2.05) is 20.8 Å². The predicted molar refractivity (Wildman–Crippen MR) is 63.5 cm³/mol. The van der Waals surface area contributed by atoms with Crippen molar-refractivity contribution in [1.82, 2.24) is 10.6 Å². The third-order valence-corrected chi connectivity index (χ3v) is 4.46. The molecule has 0 spiro atoms. The molecule has 0 aromatic heterocycles. The van der Waals surface area contributed by atoms with E-state index in [0.717, 1.165) is 0 Å². The van der Waals surface area contributed by atoms with Gasteiger partial charge in [-0.3, -0.25) is 0 Å². The van der Waals surface area contributed by atoms with Crippen LogP contribution in [0.2, 0.25) is 0 Å². The van der Waals surface area contributed by atoms with Crippen molar-refractivity contribution in [3.8, 4) is 0 Å². The van der Waals surface area contributed by atoms with Crippen molar-refractivity contribution in [2.45, 2.75) is 37.7 Å². The average Bonchev–Trinajstić information content (AvgIpc) is 2.19. The van der Waals surface area contributed by atoms with Gasteiger partial charge < -0.3 is 10.6 Å². The van der Waals surface area contributed by atoms with Crippen LogP contribution < -0.4 is 10.6 Å². The normalized spacial score (nSPS) is 28.8. The largest absolute Gasteiger partial charge is 0.334 e. The molecule has 1 aliphatic rings. The van der Waals surface area contributed by atoms with Crippen molar-refractivity contribution >= 4 is 27.5 Å². The number of alkyl halides is 1. The van der Waals surface area contributed by atoms with Gasteiger partial charge in [0.1, 0.15) is 0 Å². The Bertz CT molecular complexity index is 375. The maximum Gasteiger partial charge on any atom is 0.315 e. The van der Waals surface area contributed by atoms with Gasteiger partial charge >= 0.3 is 6.03 Å². The van der Waals surface area contributed by atoms with Gasteiger partial charge in [0, 0.05) is 5.54 Å². The monoisotopic (exact) mass is 268 g/mol. The van der Waals surface area contributed by atoms with Crippen molar-refractivity contribution in [2.75, 3.05) is 11.5 Å². The zero-order valence-corrected chi connectivity index (χ0v) is 11.2. The molecular weight excluding hydrogens is 252 g/mol. The topological polar surface area (TPSA) is 75.3 Å². The Kier molecular flexibility index (Phi) is 3.74. The van der Waals surface area contributed by atoms with Gasteiger partial charge in [-0.05, 0) is 20.8 Å². The fraction of sp³-hybridized carbons (Fsp3) is 0.889. The van der Waals surface area contributed by atoms with E-state index < -0.39 is 21.3 Å².